The van der Waals surface area contributed by atoms with Crippen LogP contribution in [0.25, 0.3) is 0 Å². The van der Waals surface area contributed by atoms with E-state index in [-0.39, 0.29) is 5.97 Å². The molecular weight excluding hydrogens is 228 g/mol. The van der Waals surface area contributed by atoms with Crippen LogP contribution in [0, 0.1) is 11.8 Å². The number of esters is 1. The van der Waals surface area contributed by atoms with Gasteiger partial charge >= 0.3 is 5.97 Å². The standard InChI is InChI=1S/C14H26N2O2/c1-18-14(17)6-10-16-9-2-3-13(11-16)12-4-7-15-8-5-12/h12-13,15H,2-11H2,1H3/t13-/m0/s1. The Labute approximate surface area is 110 Å². The van der Waals surface area contributed by atoms with Gasteiger partial charge in [-0.2, -0.15) is 0 Å². The number of piperidine rings is 2. The largest absolute Gasteiger partial charge is 0.469 e. The van der Waals surface area contributed by atoms with Crippen molar-refractivity contribution in [2.45, 2.75) is 32.1 Å². The number of carbonyl (C=O) groups excluding carboxylic acids is 1. The van der Waals surface area contributed by atoms with E-state index in [1.54, 1.807) is 0 Å². The lowest BCUT2D eigenvalue weighted by molar-refractivity contribution is -0.141. The van der Waals surface area contributed by atoms with E-state index in [0.29, 0.717) is 6.42 Å². The number of nitrogens with zero attached hydrogens (tertiary/aromatic N) is 1. The fraction of sp³-hybridized carbons (Fsp3) is 0.929. The van der Waals surface area contributed by atoms with Crippen molar-refractivity contribution in [2.75, 3.05) is 39.8 Å². The summed E-state index contributed by atoms with van der Waals surface area (Å²) in [5.41, 5.74) is 0. The molecule has 2 saturated heterocycles. The highest BCUT2D eigenvalue weighted by Crippen LogP contribution is 2.29. The Morgan fingerprint density at radius 1 is 1.28 bits per heavy atom. The zero-order valence-electron chi connectivity index (χ0n) is 11.5. The van der Waals surface area contributed by atoms with Gasteiger partial charge in [0.25, 0.3) is 0 Å². The number of likely N-dealkylation sites (tertiary alicyclic amines) is 1. The molecule has 0 radical (unpaired) electrons. The second-order valence-electron chi connectivity index (χ2n) is 5.62. The molecular formula is C14H26N2O2. The van der Waals surface area contributed by atoms with Crippen molar-refractivity contribution in [3.05, 3.63) is 0 Å². The molecule has 0 amide bonds. The summed E-state index contributed by atoms with van der Waals surface area (Å²) in [4.78, 5) is 13.6. The molecule has 0 aromatic heterocycles. The van der Waals surface area contributed by atoms with Gasteiger partial charge in [0.1, 0.15) is 0 Å². The first-order valence-corrected chi connectivity index (χ1v) is 7.29. The molecule has 1 atom stereocenters. The van der Waals surface area contributed by atoms with E-state index >= 15 is 0 Å². The van der Waals surface area contributed by atoms with Gasteiger partial charge in [-0.25, -0.2) is 0 Å². The number of hydrogen-bond donors (Lipinski definition) is 1. The van der Waals surface area contributed by atoms with Crippen LogP contribution in [0.1, 0.15) is 32.1 Å². The molecule has 0 saturated carbocycles. The van der Waals surface area contributed by atoms with Crippen LogP contribution >= 0.6 is 0 Å². The predicted octanol–water partition coefficient (Wildman–Crippen LogP) is 1.26. The van der Waals surface area contributed by atoms with Crippen molar-refractivity contribution in [1.82, 2.24) is 10.2 Å². The first-order chi connectivity index (χ1) is 8.79. The normalized spacial score (nSPS) is 27.1. The third-order valence-electron chi connectivity index (χ3n) is 4.45. The highest BCUT2D eigenvalue weighted by molar-refractivity contribution is 5.69. The summed E-state index contributed by atoms with van der Waals surface area (Å²) in [6, 6.07) is 0. The van der Waals surface area contributed by atoms with E-state index in [0.717, 1.165) is 24.9 Å². The van der Waals surface area contributed by atoms with Crippen molar-refractivity contribution >= 4 is 5.97 Å². The first kappa shape index (κ1) is 13.8. The van der Waals surface area contributed by atoms with Gasteiger partial charge in [-0.05, 0) is 57.2 Å². The van der Waals surface area contributed by atoms with E-state index in [1.165, 1.54) is 52.4 Å². The number of hydrogen-bond acceptors (Lipinski definition) is 4. The van der Waals surface area contributed by atoms with Crippen LogP contribution < -0.4 is 5.32 Å². The third kappa shape index (κ3) is 3.95. The lowest BCUT2D eigenvalue weighted by Crippen LogP contribution is -2.42. The Morgan fingerprint density at radius 2 is 2.06 bits per heavy atom. The topological polar surface area (TPSA) is 41.6 Å². The Balaban J connectivity index is 1.75. The van der Waals surface area contributed by atoms with E-state index in [2.05, 4.69) is 10.2 Å². The molecule has 2 heterocycles. The second-order valence-corrected chi connectivity index (χ2v) is 5.62. The van der Waals surface area contributed by atoms with Crippen molar-refractivity contribution in [3.63, 3.8) is 0 Å². The van der Waals surface area contributed by atoms with Gasteiger partial charge in [-0.3, -0.25) is 4.79 Å². The summed E-state index contributed by atoms with van der Waals surface area (Å²) >= 11 is 0. The molecule has 2 aliphatic rings. The van der Waals surface area contributed by atoms with E-state index in [9.17, 15) is 4.79 Å². The number of carbonyl (C=O) groups is 1. The van der Waals surface area contributed by atoms with Gasteiger partial charge in [0.2, 0.25) is 0 Å². The molecule has 0 aromatic carbocycles. The predicted molar refractivity (Wildman–Crippen MR) is 71.4 cm³/mol. The number of ether oxygens (including phenoxy) is 1. The molecule has 2 aliphatic heterocycles. The van der Waals surface area contributed by atoms with E-state index < -0.39 is 0 Å². The lowest BCUT2D eigenvalue weighted by Gasteiger charge is -2.38. The van der Waals surface area contributed by atoms with Crippen molar-refractivity contribution in [1.29, 1.82) is 0 Å². The number of nitrogens with one attached hydrogen (secondary N) is 1. The summed E-state index contributed by atoms with van der Waals surface area (Å²) in [7, 11) is 1.47. The van der Waals surface area contributed by atoms with E-state index in [1.807, 2.05) is 0 Å². The summed E-state index contributed by atoms with van der Waals surface area (Å²) < 4.78 is 4.71. The summed E-state index contributed by atoms with van der Waals surface area (Å²) in [6.45, 7) is 5.57. The fourth-order valence-corrected chi connectivity index (χ4v) is 3.35. The SMILES string of the molecule is COC(=O)CCN1CCC[C@H](C2CCNCC2)C1. The van der Waals surface area contributed by atoms with Crippen LogP contribution in [-0.4, -0.2) is 50.7 Å². The summed E-state index contributed by atoms with van der Waals surface area (Å²) in [6.07, 6.45) is 5.86. The van der Waals surface area contributed by atoms with Gasteiger partial charge < -0.3 is 15.0 Å². The molecule has 4 nitrogen and oxygen atoms in total. The first-order valence-electron chi connectivity index (χ1n) is 7.29. The van der Waals surface area contributed by atoms with Crippen molar-refractivity contribution in [2.24, 2.45) is 11.8 Å². The van der Waals surface area contributed by atoms with Crippen LogP contribution in [0.2, 0.25) is 0 Å². The van der Waals surface area contributed by atoms with Crippen LogP contribution in [0.15, 0.2) is 0 Å². The number of rotatable bonds is 4. The Hall–Kier alpha value is -0.610. The quantitative estimate of drug-likeness (QED) is 0.767. The minimum Gasteiger partial charge on any atom is -0.469 e. The van der Waals surface area contributed by atoms with Crippen molar-refractivity contribution < 1.29 is 9.53 Å². The molecule has 1 N–H and O–H groups in total. The average Bonchev–Trinajstić information content (AvgIpc) is 2.46. The van der Waals surface area contributed by atoms with Gasteiger partial charge in [0.15, 0.2) is 0 Å². The fourth-order valence-electron chi connectivity index (χ4n) is 3.35. The molecule has 0 bridgehead atoms. The van der Waals surface area contributed by atoms with Crippen LogP contribution in [0.3, 0.4) is 0 Å². The minimum atomic E-state index is -0.0843. The molecule has 0 unspecified atom stereocenters. The maximum Gasteiger partial charge on any atom is 0.306 e. The number of methoxy groups -OCH3 is 1. The average molecular weight is 254 g/mol. The van der Waals surface area contributed by atoms with Crippen LogP contribution in [0.4, 0.5) is 0 Å². The summed E-state index contributed by atoms with van der Waals surface area (Å²) in [5.74, 6) is 1.66. The van der Waals surface area contributed by atoms with Gasteiger partial charge in [-0.1, -0.05) is 0 Å². The third-order valence-corrected chi connectivity index (χ3v) is 4.45. The zero-order chi connectivity index (χ0) is 12.8. The Kier molecular flexibility index (Phi) is 5.45. The van der Waals surface area contributed by atoms with E-state index in [4.69, 9.17) is 4.74 Å². The molecule has 2 fully saturated rings. The maximum atomic E-state index is 11.2. The summed E-state index contributed by atoms with van der Waals surface area (Å²) in [5, 5.41) is 3.44. The van der Waals surface area contributed by atoms with Crippen LogP contribution in [-0.2, 0) is 9.53 Å². The van der Waals surface area contributed by atoms with Gasteiger partial charge in [-0.15, -0.1) is 0 Å². The zero-order valence-corrected chi connectivity index (χ0v) is 11.5. The lowest BCUT2D eigenvalue weighted by atomic mass is 9.80. The van der Waals surface area contributed by atoms with Gasteiger partial charge in [0.05, 0.1) is 13.5 Å². The Morgan fingerprint density at radius 3 is 2.78 bits per heavy atom. The maximum absolute atomic E-state index is 11.2. The molecule has 18 heavy (non-hydrogen) atoms. The Bertz CT molecular complexity index is 265. The second kappa shape index (κ2) is 7.10. The van der Waals surface area contributed by atoms with Crippen molar-refractivity contribution in [3.8, 4) is 0 Å². The smallest absolute Gasteiger partial charge is 0.306 e. The monoisotopic (exact) mass is 254 g/mol. The molecule has 0 spiro atoms. The molecule has 4 heteroatoms. The molecule has 0 aromatic rings. The minimum absolute atomic E-state index is 0.0843. The highest BCUT2D eigenvalue weighted by Gasteiger charge is 2.28. The molecule has 0 aliphatic carbocycles. The molecule has 2 rings (SSSR count). The molecule has 104 valence electrons. The highest BCUT2D eigenvalue weighted by atomic mass is 16.5. The van der Waals surface area contributed by atoms with Crippen LogP contribution in [0.5, 0.6) is 0 Å². The van der Waals surface area contributed by atoms with Gasteiger partial charge in [0, 0.05) is 13.1 Å².